The molecular formula is C14H17NO9S4. The van der Waals surface area contributed by atoms with E-state index < -0.39 is 49.6 Å². The Kier molecular flexibility index (Phi) is 6.29. The maximum absolute atomic E-state index is 11.7. The van der Waals surface area contributed by atoms with Gasteiger partial charge in [-0.3, -0.25) is 18.5 Å². The van der Waals surface area contributed by atoms with E-state index >= 15 is 0 Å². The van der Waals surface area contributed by atoms with Gasteiger partial charge in [0.15, 0.2) is 0 Å². The number of thioether (sulfide) groups is 2. The van der Waals surface area contributed by atoms with Gasteiger partial charge in [-0.15, -0.1) is 23.5 Å². The zero-order valence-corrected chi connectivity index (χ0v) is 17.9. The Hall–Kier alpha value is -0.900. The molecule has 10 nitrogen and oxygen atoms in total. The molecule has 156 valence electrons. The Morgan fingerprint density at radius 3 is 2.21 bits per heavy atom. The molecule has 14 heteroatoms. The minimum Gasteiger partial charge on any atom is -0.366 e. The Balaban J connectivity index is 1.82. The second-order valence-corrected chi connectivity index (χ2v) is 12.1. The van der Waals surface area contributed by atoms with E-state index in [9.17, 15) is 26.9 Å². The van der Waals surface area contributed by atoms with Gasteiger partial charge in [0.1, 0.15) is 18.3 Å². The number of rotatable bonds is 7. The van der Waals surface area contributed by atoms with Crippen molar-refractivity contribution in [3.05, 3.63) is 34.4 Å². The first kappa shape index (κ1) is 21.8. The van der Waals surface area contributed by atoms with Crippen molar-refractivity contribution in [2.45, 2.75) is 33.9 Å². The molecule has 2 bridgehead atoms. The zero-order chi connectivity index (χ0) is 20.7. The molecule has 2 aliphatic rings. The van der Waals surface area contributed by atoms with Gasteiger partial charge in [-0.2, -0.15) is 16.8 Å². The van der Waals surface area contributed by atoms with Crippen LogP contribution >= 0.6 is 23.5 Å². The molecule has 0 spiro atoms. The van der Waals surface area contributed by atoms with Crippen LogP contribution in [0.4, 0.5) is 5.69 Å². The van der Waals surface area contributed by atoms with Crippen LogP contribution in [0, 0.1) is 10.1 Å². The van der Waals surface area contributed by atoms with E-state index in [1.807, 2.05) is 0 Å². The highest BCUT2D eigenvalue weighted by Gasteiger charge is 2.55. The molecule has 5 atom stereocenters. The van der Waals surface area contributed by atoms with Crippen molar-refractivity contribution in [3.63, 3.8) is 0 Å². The summed E-state index contributed by atoms with van der Waals surface area (Å²) in [7, 11) is -7.75. The summed E-state index contributed by atoms with van der Waals surface area (Å²) in [6, 6.07) is 5.91. The Labute approximate surface area is 170 Å². The first-order valence-electron chi connectivity index (χ1n) is 7.88. The number of benzene rings is 1. The van der Waals surface area contributed by atoms with Crippen LogP contribution in [-0.2, 0) is 33.3 Å². The highest BCUT2D eigenvalue weighted by molar-refractivity contribution is 8.17. The zero-order valence-electron chi connectivity index (χ0n) is 14.7. The largest absolute Gasteiger partial charge is 0.366 e. The molecule has 1 aromatic carbocycles. The molecule has 0 unspecified atom stereocenters. The first-order valence-corrected chi connectivity index (χ1v) is 13.4. The van der Waals surface area contributed by atoms with E-state index in [-0.39, 0.29) is 10.3 Å². The van der Waals surface area contributed by atoms with Crippen molar-refractivity contribution in [1.82, 2.24) is 0 Å². The van der Waals surface area contributed by atoms with E-state index in [4.69, 9.17) is 13.1 Å². The molecule has 0 radical (unpaired) electrons. The second kappa shape index (κ2) is 8.08. The highest BCUT2D eigenvalue weighted by Crippen LogP contribution is 2.47. The van der Waals surface area contributed by atoms with Crippen molar-refractivity contribution in [2.24, 2.45) is 0 Å². The minimum absolute atomic E-state index is 0.0438. The normalized spacial score (nSPS) is 30.3. The minimum atomic E-state index is -3.89. The molecule has 0 N–H and O–H groups in total. The number of non-ortho nitro benzene ring substituents is 1. The van der Waals surface area contributed by atoms with Crippen molar-refractivity contribution in [1.29, 1.82) is 0 Å². The number of ether oxygens (including phenoxy) is 1. The molecule has 0 amide bonds. The van der Waals surface area contributed by atoms with E-state index in [2.05, 4.69) is 0 Å². The third-order valence-electron chi connectivity index (χ3n) is 3.91. The molecule has 1 aromatic rings. The third-order valence-corrected chi connectivity index (χ3v) is 7.91. The molecular weight excluding hydrogens is 454 g/mol. The number of hydrogen-bond acceptors (Lipinski definition) is 11. The number of fused-ring (bicyclic) bond motifs is 2. The van der Waals surface area contributed by atoms with E-state index in [1.165, 1.54) is 35.7 Å². The molecule has 0 aliphatic carbocycles. The maximum Gasteiger partial charge on any atom is 0.269 e. The second-order valence-electron chi connectivity index (χ2n) is 6.24. The molecule has 0 saturated carbocycles. The van der Waals surface area contributed by atoms with Crippen molar-refractivity contribution in [3.8, 4) is 0 Å². The number of hydrogen-bond donors (Lipinski definition) is 0. The van der Waals surface area contributed by atoms with Gasteiger partial charge in [0.25, 0.3) is 25.9 Å². The summed E-state index contributed by atoms with van der Waals surface area (Å²) in [5.41, 5.74) is -0.0438. The topological polar surface area (TPSA) is 139 Å². The van der Waals surface area contributed by atoms with Crippen LogP contribution in [0.25, 0.3) is 0 Å². The van der Waals surface area contributed by atoms with Crippen LogP contribution in [-0.4, -0.2) is 69.0 Å². The van der Waals surface area contributed by atoms with Gasteiger partial charge in [0.05, 0.1) is 28.1 Å². The van der Waals surface area contributed by atoms with Crippen molar-refractivity contribution in [2.75, 3.05) is 18.3 Å². The van der Waals surface area contributed by atoms with Gasteiger partial charge in [-0.05, 0) is 12.1 Å². The fourth-order valence-corrected chi connectivity index (χ4v) is 6.98. The van der Waals surface area contributed by atoms with Crippen LogP contribution < -0.4 is 0 Å². The lowest BCUT2D eigenvalue weighted by atomic mass is 10.1. The molecule has 28 heavy (non-hydrogen) atoms. The molecule has 2 fully saturated rings. The fraction of sp³-hybridized carbons (Fsp3) is 0.571. The molecule has 2 aliphatic heterocycles. The SMILES string of the molecule is CS(=O)(=O)O[C@@H]1[C@H]2O[C@H](CS[C@@H]2Sc2ccc([N+](=O)[O-])cc2)[C@H]1OS(C)(=O)=O. The summed E-state index contributed by atoms with van der Waals surface area (Å²) in [4.78, 5) is 11.0. The van der Waals surface area contributed by atoms with Gasteiger partial charge in [0.2, 0.25) is 0 Å². The monoisotopic (exact) mass is 471 g/mol. The van der Waals surface area contributed by atoms with E-state index in [0.717, 1.165) is 17.4 Å². The smallest absolute Gasteiger partial charge is 0.269 e. The van der Waals surface area contributed by atoms with Gasteiger partial charge in [0, 0.05) is 22.8 Å². The van der Waals surface area contributed by atoms with Crippen molar-refractivity contribution >= 4 is 49.4 Å². The van der Waals surface area contributed by atoms with Gasteiger partial charge >= 0.3 is 0 Å². The lowest BCUT2D eigenvalue weighted by Crippen LogP contribution is -2.41. The lowest BCUT2D eigenvalue weighted by molar-refractivity contribution is -0.384. The molecule has 2 heterocycles. The van der Waals surface area contributed by atoms with Crippen LogP contribution in [0.5, 0.6) is 0 Å². The quantitative estimate of drug-likeness (QED) is 0.322. The Morgan fingerprint density at radius 1 is 1.11 bits per heavy atom. The standard InChI is InChI=1S/C14H17NO9S4/c1-27(18,19)23-11-10-7-25-14(13(22-10)12(11)24-28(2,20)21)26-9-5-3-8(4-6-9)15(16)17/h3-6,10-14H,7H2,1-2H3/t10-,11-,12+,13-,14-/m1/s1. The van der Waals surface area contributed by atoms with Crippen LogP contribution in [0.1, 0.15) is 0 Å². The highest BCUT2D eigenvalue weighted by atomic mass is 32.2. The van der Waals surface area contributed by atoms with Crippen molar-refractivity contribution < 1.29 is 34.9 Å². The molecule has 2 saturated heterocycles. The first-order chi connectivity index (χ1) is 12.9. The Morgan fingerprint density at radius 2 is 1.68 bits per heavy atom. The summed E-state index contributed by atoms with van der Waals surface area (Å²) >= 11 is 2.79. The summed E-state index contributed by atoms with van der Waals surface area (Å²) in [5.74, 6) is 0.380. The summed E-state index contributed by atoms with van der Waals surface area (Å²) < 4.78 is 62.3. The molecule has 0 aromatic heterocycles. The maximum atomic E-state index is 11.7. The van der Waals surface area contributed by atoms with Gasteiger partial charge in [-0.25, -0.2) is 0 Å². The van der Waals surface area contributed by atoms with Crippen LogP contribution in [0.2, 0.25) is 0 Å². The predicted octanol–water partition coefficient (Wildman–Crippen LogP) is 1.22. The van der Waals surface area contributed by atoms with Gasteiger partial charge in [-0.1, -0.05) is 0 Å². The number of nitro groups is 1. The van der Waals surface area contributed by atoms with Crippen LogP contribution in [0.3, 0.4) is 0 Å². The summed E-state index contributed by atoms with van der Waals surface area (Å²) in [6.45, 7) is 0. The third kappa shape index (κ3) is 5.37. The fourth-order valence-electron chi connectivity index (χ4n) is 2.90. The average molecular weight is 472 g/mol. The van der Waals surface area contributed by atoms with Gasteiger partial charge < -0.3 is 4.74 Å². The number of nitrogens with zero attached hydrogens (tertiary/aromatic N) is 1. The summed E-state index contributed by atoms with van der Waals surface area (Å²) in [6.07, 6.45) is -1.83. The summed E-state index contributed by atoms with van der Waals surface area (Å²) in [5, 5.41) is 10.8. The van der Waals surface area contributed by atoms with E-state index in [1.54, 1.807) is 12.1 Å². The van der Waals surface area contributed by atoms with Crippen LogP contribution in [0.15, 0.2) is 29.2 Å². The Bertz CT molecular complexity index is 948. The van der Waals surface area contributed by atoms with E-state index in [0.29, 0.717) is 5.75 Å². The molecule has 3 rings (SSSR count). The average Bonchev–Trinajstić information content (AvgIpc) is 2.81. The lowest BCUT2D eigenvalue weighted by Gasteiger charge is -2.29. The predicted molar refractivity (Wildman–Crippen MR) is 103 cm³/mol. The number of nitro benzene ring substituents is 1.